The molecule has 0 saturated carbocycles. The molecule has 104 valence electrons. The fourth-order valence-electron chi connectivity index (χ4n) is 1.69. The lowest BCUT2D eigenvalue weighted by atomic mass is 9.92. The first-order valence-electron chi connectivity index (χ1n) is 6.27. The van der Waals surface area contributed by atoms with Crippen molar-refractivity contribution in [2.24, 2.45) is 11.1 Å². The van der Waals surface area contributed by atoms with Crippen molar-refractivity contribution in [2.45, 2.75) is 33.5 Å². The average Bonchev–Trinajstić information content (AvgIpc) is 2.62. The summed E-state index contributed by atoms with van der Waals surface area (Å²) in [5.74, 6) is 0.532. The first-order chi connectivity index (χ1) is 8.73. The maximum absolute atomic E-state index is 12.0. The Morgan fingerprint density at radius 3 is 2.58 bits per heavy atom. The van der Waals surface area contributed by atoms with Gasteiger partial charge >= 0.3 is 0 Å². The number of fused-ring (bicyclic) bond motifs is 1. The minimum atomic E-state index is -0.665. The third-order valence-electron chi connectivity index (χ3n) is 3.04. The number of rotatable bonds is 3. The molecule has 1 aliphatic rings. The van der Waals surface area contributed by atoms with E-state index >= 15 is 0 Å². The first kappa shape index (κ1) is 13.7. The second-order valence-corrected chi connectivity index (χ2v) is 5.81. The lowest BCUT2D eigenvalue weighted by molar-refractivity contribution is -0.123. The Morgan fingerprint density at radius 2 is 1.95 bits per heavy atom. The van der Waals surface area contributed by atoms with Gasteiger partial charge in [-0.05, 0) is 26.0 Å². The molecule has 0 spiro atoms. The van der Waals surface area contributed by atoms with Crippen LogP contribution >= 0.6 is 0 Å². The van der Waals surface area contributed by atoms with E-state index < -0.39 is 11.2 Å². The van der Waals surface area contributed by atoms with Gasteiger partial charge in [-0.25, -0.2) is 0 Å². The Bertz CT molecular complexity index is 509. The van der Waals surface area contributed by atoms with E-state index in [0.29, 0.717) is 17.2 Å². The Labute approximate surface area is 113 Å². The van der Waals surface area contributed by atoms with Gasteiger partial charge < -0.3 is 20.5 Å². The summed E-state index contributed by atoms with van der Waals surface area (Å²) in [7, 11) is 0. The molecule has 2 rings (SSSR count). The summed E-state index contributed by atoms with van der Waals surface area (Å²) in [6.45, 7) is 7.57. The monoisotopic (exact) mass is 264 g/mol. The number of amides is 1. The van der Waals surface area contributed by atoms with E-state index in [2.05, 4.69) is 5.32 Å². The van der Waals surface area contributed by atoms with Gasteiger partial charge in [0.05, 0.1) is 5.41 Å². The minimum Gasteiger partial charge on any atom is -0.449 e. The van der Waals surface area contributed by atoms with Crippen molar-refractivity contribution < 1.29 is 14.3 Å². The number of carbonyl (C=O) groups is 1. The molecular formula is C14H20N2O3. The van der Waals surface area contributed by atoms with Gasteiger partial charge in [0.2, 0.25) is 11.7 Å². The molecule has 19 heavy (non-hydrogen) atoms. The Kier molecular flexibility index (Phi) is 3.18. The number of nitrogens with two attached hydrogens (primary N) is 1. The highest BCUT2D eigenvalue weighted by Crippen LogP contribution is 2.40. The molecule has 1 aliphatic heterocycles. The molecule has 3 N–H and O–H groups in total. The molecule has 0 unspecified atom stereocenters. The van der Waals surface area contributed by atoms with E-state index in [1.54, 1.807) is 32.0 Å². The van der Waals surface area contributed by atoms with Crippen molar-refractivity contribution >= 4 is 11.6 Å². The molecule has 1 heterocycles. The predicted octanol–water partition coefficient (Wildman–Crippen LogP) is 2.12. The average molecular weight is 264 g/mol. The lowest BCUT2D eigenvalue weighted by Crippen LogP contribution is -2.37. The first-order valence-corrected chi connectivity index (χ1v) is 6.27. The minimum absolute atomic E-state index is 0.117. The van der Waals surface area contributed by atoms with E-state index in [1.165, 1.54) is 0 Å². The quantitative estimate of drug-likeness (QED) is 0.877. The van der Waals surface area contributed by atoms with Crippen LogP contribution in [0.3, 0.4) is 0 Å². The van der Waals surface area contributed by atoms with Gasteiger partial charge in [-0.1, -0.05) is 0 Å². The highest BCUT2D eigenvalue weighted by atomic mass is 16.7. The summed E-state index contributed by atoms with van der Waals surface area (Å²) < 4.78 is 11.2. The van der Waals surface area contributed by atoms with Crippen molar-refractivity contribution in [3.05, 3.63) is 18.2 Å². The molecule has 5 heteroatoms. The van der Waals surface area contributed by atoms with E-state index in [0.717, 1.165) is 0 Å². The largest absolute Gasteiger partial charge is 0.449 e. The molecule has 0 fully saturated rings. The zero-order valence-electron chi connectivity index (χ0n) is 11.7. The molecule has 0 saturated heterocycles. The van der Waals surface area contributed by atoms with Crippen LogP contribution < -0.4 is 20.5 Å². The molecule has 1 amide bonds. The number of carbonyl (C=O) groups excluding carboxylic acids is 1. The number of hydrogen-bond donors (Lipinski definition) is 2. The standard InChI is InChI=1S/C14H20N2O3/c1-13(2,8-15)12(17)16-9-5-6-10-11(7-9)19-14(3,4)18-10/h5-7H,8,15H2,1-4H3,(H,16,17). The van der Waals surface area contributed by atoms with Gasteiger partial charge in [0.15, 0.2) is 11.5 Å². The fraction of sp³-hybridized carbons (Fsp3) is 0.500. The van der Waals surface area contributed by atoms with Crippen LogP contribution in [0.2, 0.25) is 0 Å². The van der Waals surface area contributed by atoms with E-state index in [-0.39, 0.29) is 12.5 Å². The van der Waals surface area contributed by atoms with Gasteiger partial charge in [0.1, 0.15) is 0 Å². The van der Waals surface area contributed by atoms with E-state index in [1.807, 2.05) is 13.8 Å². The zero-order valence-corrected chi connectivity index (χ0v) is 11.7. The van der Waals surface area contributed by atoms with Gasteiger partial charge in [-0.15, -0.1) is 0 Å². The summed E-state index contributed by atoms with van der Waals surface area (Å²) in [5.41, 5.74) is 5.65. The fourth-order valence-corrected chi connectivity index (χ4v) is 1.69. The molecular weight excluding hydrogens is 244 g/mol. The second-order valence-electron chi connectivity index (χ2n) is 5.81. The van der Waals surface area contributed by atoms with Crippen LogP contribution in [0.25, 0.3) is 0 Å². The molecule has 0 atom stereocenters. The maximum atomic E-state index is 12.0. The Hall–Kier alpha value is -1.75. The Balaban J connectivity index is 2.15. The van der Waals surface area contributed by atoms with Crippen LogP contribution in [0.5, 0.6) is 11.5 Å². The number of nitrogens with one attached hydrogen (secondary N) is 1. The molecule has 1 aromatic rings. The number of hydrogen-bond acceptors (Lipinski definition) is 4. The Morgan fingerprint density at radius 1 is 1.32 bits per heavy atom. The van der Waals surface area contributed by atoms with Crippen LogP contribution in [0.4, 0.5) is 5.69 Å². The summed E-state index contributed by atoms with van der Waals surface area (Å²) in [6, 6.07) is 5.33. The van der Waals surface area contributed by atoms with Gasteiger partial charge in [0.25, 0.3) is 0 Å². The summed E-state index contributed by atoms with van der Waals surface area (Å²) in [6.07, 6.45) is 0. The second kappa shape index (κ2) is 4.42. The number of anilines is 1. The molecule has 0 aromatic heterocycles. The van der Waals surface area contributed by atoms with Crippen molar-refractivity contribution in [3.8, 4) is 11.5 Å². The molecule has 1 aromatic carbocycles. The highest BCUT2D eigenvalue weighted by molar-refractivity contribution is 5.95. The topological polar surface area (TPSA) is 73.6 Å². The molecule has 0 bridgehead atoms. The van der Waals surface area contributed by atoms with Crippen molar-refractivity contribution in [1.29, 1.82) is 0 Å². The van der Waals surface area contributed by atoms with Crippen LogP contribution in [0.1, 0.15) is 27.7 Å². The van der Waals surface area contributed by atoms with Gasteiger partial charge in [-0.2, -0.15) is 0 Å². The zero-order chi connectivity index (χ0) is 14.3. The van der Waals surface area contributed by atoms with E-state index in [9.17, 15) is 4.79 Å². The van der Waals surface area contributed by atoms with Crippen LogP contribution in [0.15, 0.2) is 18.2 Å². The predicted molar refractivity (Wildman–Crippen MR) is 73.2 cm³/mol. The van der Waals surface area contributed by atoms with Crippen molar-refractivity contribution in [1.82, 2.24) is 0 Å². The van der Waals surface area contributed by atoms with Gasteiger partial charge in [-0.3, -0.25) is 4.79 Å². The third-order valence-corrected chi connectivity index (χ3v) is 3.04. The molecule has 5 nitrogen and oxygen atoms in total. The van der Waals surface area contributed by atoms with Crippen molar-refractivity contribution in [2.75, 3.05) is 11.9 Å². The highest BCUT2D eigenvalue weighted by Gasteiger charge is 2.32. The maximum Gasteiger partial charge on any atom is 0.246 e. The van der Waals surface area contributed by atoms with Crippen LogP contribution in [-0.4, -0.2) is 18.2 Å². The summed E-state index contributed by atoms with van der Waals surface area (Å²) in [4.78, 5) is 12.0. The summed E-state index contributed by atoms with van der Waals surface area (Å²) >= 11 is 0. The third kappa shape index (κ3) is 2.81. The van der Waals surface area contributed by atoms with Gasteiger partial charge in [0, 0.05) is 32.1 Å². The molecule has 0 radical (unpaired) electrons. The lowest BCUT2D eigenvalue weighted by Gasteiger charge is -2.21. The smallest absolute Gasteiger partial charge is 0.246 e. The SMILES string of the molecule is CC1(C)Oc2ccc(NC(=O)C(C)(C)CN)cc2O1. The van der Waals surface area contributed by atoms with Crippen LogP contribution in [-0.2, 0) is 4.79 Å². The van der Waals surface area contributed by atoms with E-state index in [4.69, 9.17) is 15.2 Å². The normalized spacial score (nSPS) is 16.3. The molecule has 0 aliphatic carbocycles. The number of benzene rings is 1. The summed E-state index contributed by atoms with van der Waals surface area (Å²) in [5, 5.41) is 2.84. The van der Waals surface area contributed by atoms with Crippen LogP contribution in [0, 0.1) is 5.41 Å². The van der Waals surface area contributed by atoms with Crippen molar-refractivity contribution in [3.63, 3.8) is 0 Å². The number of ether oxygens (including phenoxy) is 2.